The first-order valence-electron chi connectivity index (χ1n) is 6.11. The standard InChI is InChI=1S/C15H15BrClNO/c1-2-18-10-11-6-7-15(14(16)8-11)19-13-5-3-4-12(17)9-13/h3-9,18H,2,10H2,1H3. The van der Waals surface area contributed by atoms with Gasteiger partial charge >= 0.3 is 0 Å². The predicted molar refractivity (Wildman–Crippen MR) is 83.0 cm³/mol. The van der Waals surface area contributed by atoms with Gasteiger partial charge in [-0.3, -0.25) is 0 Å². The maximum atomic E-state index is 5.93. The summed E-state index contributed by atoms with van der Waals surface area (Å²) in [5.74, 6) is 1.51. The van der Waals surface area contributed by atoms with Gasteiger partial charge in [0.05, 0.1) is 4.47 Å². The number of nitrogens with one attached hydrogen (secondary N) is 1. The van der Waals surface area contributed by atoms with Crippen molar-refractivity contribution in [3.63, 3.8) is 0 Å². The van der Waals surface area contributed by atoms with Crippen molar-refractivity contribution in [2.75, 3.05) is 6.54 Å². The molecular weight excluding hydrogens is 326 g/mol. The van der Waals surface area contributed by atoms with Gasteiger partial charge in [0.2, 0.25) is 0 Å². The first kappa shape index (κ1) is 14.4. The van der Waals surface area contributed by atoms with E-state index in [1.165, 1.54) is 5.56 Å². The van der Waals surface area contributed by atoms with Crippen molar-refractivity contribution in [1.29, 1.82) is 0 Å². The molecule has 19 heavy (non-hydrogen) atoms. The molecular formula is C15H15BrClNO. The number of halogens is 2. The Hall–Kier alpha value is -1.03. The quantitative estimate of drug-likeness (QED) is 0.826. The van der Waals surface area contributed by atoms with Crippen LogP contribution in [0.2, 0.25) is 5.02 Å². The van der Waals surface area contributed by atoms with E-state index in [1.54, 1.807) is 6.07 Å². The molecule has 0 aromatic heterocycles. The second kappa shape index (κ2) is 6.94. The van der Waals surface area contributed by atoms with Gasteiger partial charge in [-0.05, 0) is 58.4 Å². The lowest BCUT2D eigenvalue weighted by molar-refractivity contribution is 0.479. The zero-order valence-electron chi connectivity index (χ0n) is 10.6. The van der Waals surface area contributed by atoms with E-state index in [0.29, 0.717) is 5.02 Å². The Morgan fingerprint density at radius 3 is 2.74 bits per heavy atom. The van der Waals surface area contributed by atoms with E-state index in [0.717, 1.165) is 29.1 Å². The Bertz CT molecular complexity index is 560. The van der Waals surface area contributed by atoms with Gasteiger partial charge in [0, 0.05) is 11.6 Å². The Morgan fingerprint density at radius 1 is 1.21 bits per heavy atom. The summed E-state index contributed by atoms with van der Waals surface area (Å²) in [4.78, 5) is 0. The van der Waals surface area contributed by atoms with Crippen LogP contribution in [0.3, 0.4) is 0 Å². The minimum absolute atomic E-state index is 0.664. The average Bonchev–Trinajstić information content (AvgIpc) is 2.39. The summed E-state index contributed by atoms with van der Waals surface area (Å²) in [6, 6.07) is 13.4. The normalized spacial score (nSPS) is 10.5. The summed E-state index contributed by atoms with van der Waals surface area (Å²) < 4.78 is 6.73. The van der Waals surface area contributed by atoms with E-state index >= 15 is 0 Å². The van der Waals surface area contributed by atoms with Crippen LogP contribution in [0.5, 0.6) is 11.5 Å². The molecule has 2 nitrogen and oxygen atoms in total. The number of hydrogen-bond donors (Lipinski definition) is 1. The molecule has 0 fully saturated rings. The third-order valence-electron chi connectivity index (χ3n) is 2.60. The molecule has 0 bridgehead atoms. The fourth-order valence-electron chi connectivity index (χ4n) is 1.66. The molecule has 4 heteroatoms. The monoisotopic (exact) mass is 339 g/mol. The maximum Gasteiger partial charge on any atom is 0.141 e. The molecule has 100 valence electrons. The van der Waals surface area contributed by atoms with E-state index < -0.39 is 0 Å². The van der Waals surface area contributed by atoms with Crippen molar-refractivity contribution in [2.24, 2.45) is 0 Å². The third-order valence-corrected chi connectivity index (χ3v) is 3.45. The van der Waals surface area contributed by atoms with Gasteiger partial charge in [-0.2, -0.15) is 0 Å². The van der Waals surface area contributed by atoms with Crippen LogP contribution in [0.15, 0.2) is 46.9 Å². The number of hydrogen-bond acceptors (Lipinski definition) is 2. The molecule has 0 atom stereocenters. The van der Waals surface area contributed by atoms with Gasteiger partial charge < -0.3 is 10.1 Å². The number of benzene rings is 2. The molecule has 0 amide bonds. The lowest BCUT2D eigenvalue weighted by atomic mass is 10.2. The zero-order chi connectivity index (χ0) is 13.7. The van der Waals surface area contributed by atoms with Crippen molar-refractivity contribution in [3.8, 4) is 11.5 Å². The largest absolute Gasteiger partial charge is 0.456 e. The highest BCUT2D eigenvalue weighted by Crippen LogP contribution is 2.31. The van der Waals surface area contributed by atoms with Crippen LogP contribution in [0.25, 0.3) is 0 Å². The third kappa shape index (κ3) is 4.23. The molecule has 0 radical (unpaired) electrons. The van der Waals surface area contributed by atoms with Gasteiger partial charge in [0.1, 0.15) is 11.5 Å². The average molecular weight is 341 g/mol. The van der Waals surface area contributed by atoms with Crippen LogP contribution in [-0.2, 0) is 6.54 Å². The zero-order valence-corrected chi connectivity index (χ0v) is 13.0. The summed E-state index contributed by atoms with van der Waals surface area (Å²) >= 11 is 9.46. The summed E-state index contributed by atoms with van der Waals surface area (Å²) in [5, 5.41) is 3.95. The fourth-order valence-corrected chi connectivity index (χ4v) is 2.35. The molecule has 0 saturated carbocycles. The molecule has 0 unspecified atom stereocenters. The molecule has 2 aromatic carbocycles. The lowest BCUT2D eigenvalue weighted by Gasteiger charge is -2.10. The van der Waals surface area contributed by atoms with Crippen LogP contribution < -0.4 is 10.1 Å². The molecule has 2 aromatic rings. The van der Waals surface area contributed by atoms with E-state index in [9.17, 15) is 0 Å². The molecule has 0 aliphatic carbocycles. The van der Waals surface area contributed by atoms with Crippen LogP contribution in [0.1, 0.15) is 12.5 Å². The van der Waals surface area contributed by atoms with E-state index in [2.05, 4.69) is 34.2 Å². The maximum absolute atomic E-state index is 5.93. The van der Waals surface area contributed by atoms with E-state index in [1.807, 2.05) is 30.3 Å². The van der Waals surface area contributed by atoms with Gasteiger partial charge in [0.15, 0.2) is 0 Å². The number of ether oxygens (including phenoxy) is 1. The first-order chi connectivity index (χ1) is 9.19. The molecule has 0 saturated heterocycles. The van der Waals surface area contributed by atoms with Gasteiger partial charge in [-0.15, -0.1) is 0 Å². The lowest BCUT2D eigenvalue weighted by Crippen LogP contribution is -2.11. The summed E-state index contributed by atoms with van der Waals surface area (Å²) in [5.41, 5.74) is 1.21. The van der Waals surface area contributed by atoms with E-state index in [-0.39, 0.29) is 0 Å². The molecule has 0 heterocycles. The van der Waals surface area contributed by atoms with Crippen LogP contribution >= 0.6 is 27.5 Å². The molecule has 0 spiro atoms. The van der Waals surface area contributed by atoms with Gasteiger partial charge in [-0.25, -0.2) is 0 Å². The topological polar surface area (TPSA) is 21.3 Å². The Kier molecular flexibility index (Phi) is 5.25. The highest BCUT2D eigenvalue weighted by atomic mass is 79.9. The number of rotatable bonds is 5. The van der Waals surface area contributed by atoms with Crippen LogP contribution in [-0.4, -0.2) is 6.54 Å². The minimum atomic E-state index is 0.664. The van der Waals surface area contributed by atoms with Gasteiger partial charge in [-0.1, -0.05) is 30.7 Å². The molecule has 2 rings (SSSR count). The summed E-state index contributed by atoms with van der Waals surface area (Å²) in [6.07, 6.45) is 0. The van der Waals surface area contributed by atoms with Crippen molar-refractivity contribution in [1.82, 2.24) is 5.32 Å². The molecule has 0 aliphatic heterocycles. The first-order valence-corrected chi connectivity index (χ1v) is 7.28. The Morgan fingerprint density at radius 2 is 2.05 bits per heavy atom. The Balaban J connectivity index is 2.13. The summed E-state index contributed by atoms with van der Waals surface area (Å²) in [7, 11) is 0. The summed E-state index contributed by atoms with van der Waals surface area (Å²) in [6.45, 7) is 3.90. The van der Waals surface area contributed by atoms with Gasteiger partial charge in [0.25, 0.3) is 0 Å². The van der Waals surface area contributed by atoms with Crippen LogP contribution in [0.4, 0.5) is 0 Å². The highest BCUT2D eigenvalue weighted by Gasteiger charge is 2.04. The smallest absolute Gasteiger partial charge is 0.141 e. The van der Waals surface area contributed by atoms with Crippen LogP contribution in [0, 0.1) is 0 Å². The highest BCUT2D eigenvalue weighted by molar-refractivity contribution is 9.10. The van der Waals surface area contributed by atoms with E-state index in [4.69, 9.17) is 16.3 Å². The van der Waals surface area contributed by atoms with Crippen molar-refractivity contribution in [3.05, 3.63) is 57.5 Å². The van der Waals surface area contributed by atoms with Crippen molar-refractivity contribution < 1.29 is 4.74 Å². The van der Waals surface area contributed by atoms with Crippen molar-refractivity contribution >= 4 is 27.5 Å². The molecule has 0 aliphatic rings. The predicted octanol–water partition coefficient (Wildman–Crippen LogP) is 5.00. The fraction of sp³-hybridized carbons (Fsp3) is 0.200. The minimum Gasteiger partial charge on any atom is -0.456 e. The SMILES string of the molecule is CCNCc1ccc(Oc2cccc(Cl)c2)c(Br)c1. The second-order valence-corrected chi connectivity index (χ2v) is 5.40. The second-order valence-electron chi connectivity index (χ2n) is 4.10. The molecule has 1 N–H and O–H groups in total. The van der Waals surface area contributed by atoms with Crippen molar-refractivity contribution in [2.45, 2.75) is 13.5 Å². The Labute approximate surface area is 126 Å².